The minimum Gasteiger partial charge on any atom is -0.390 e. The number of imidazole rings is 1. The molecule has 0 spiro atoms. The monoisotopic (exact) mass is 319 g/mol. The van der Waals surface area contributed by atoms with Gasteiger partial charge in [-0.05, 0) is 51.7 Å². The van der Waals surface area contributed by atoms with Gasteiger partial charge in [-0.25, -0.2) is 9.37 Å². The fourth-order valence-corrected chi connectivity index (χ4v) is 2.90. The van der Waals surface area contributed by atoms with Crippen LogP contribution in [0, 0.1) is 12.7 Å². The summed E-state index contributed by atoms with van der Waals surface area (Å²) in [6, 6.07) is 3.63. The van der Waals surface area contributed by atoms with Crippen LogP contribution in [0.3, 0.4) is 0 Å². The van der Waals surface area contributed by atoms with Gasteiger partial charge in [-0.15, -0.1) is 0 Å². The molecule has 1 aliphatic rings. The van der Waals surface area contributed by atoms with Crippen molar-refractivity contribution in [2.24, 2.45) is 0 Å². The number of aryl methyl sites for hydroxylation is 1. The zero-order chi connectivity index (χ0) is 16.8. The first-order valence-corrected chi connectivity index (χ1v) is 7.95. The third-order valence-corrected chi connectivity index (χ3v) is 4.27. The van der Waals surface area contributed by atoms with E-state index in [0.717, 1.165) is 19.3 Å². The van der Waals surface area contributed by atoms with Crippen molar-refractivity contribution in [3.05, 3.63) is 23.5 Å². The highest BCUT2D eigenvalue weighted by molar-refractivity contribution is 5.92. The second-order valence-corrected chi connectivity index (χ2v) is 6.99. The van der Waals surface area contributed by atoms with Crippen molar-refractivity contribution in [2.45, 2.75) is 58.1 Å². The number of nitrogens with one attached hydrogen (secondary N) is 1. The number of carbonyl (C=O) groups excluding carboxylic acids is 1. The standard InChI is InChI=1S/C17H22FN3O2/c1-10-7-8-12-15(14(10)18)21(11-5-4-6-11)16(19-12)20-13(22)9-17(2,3)23/h7-8,11,23H,4-6,9H2,1-3H3,(H,19,20,22). The molecule has 1 fully saturated rings. The van der Waals surface area contributed by atoms with E-state index in [1.54, 1.807) is 32.9 Å². The Labute approximate surface area is 134 Å². The van der Waals surface area contributed by atoms with Gasteiger partial charge in [0.05, 0.1) is 17.5 Å². The van der Waals surface area contributed by atoms with Crippen molar-refractivity contribution in [1.82, 2.24) is 9.55 Å². The van der Waals surface area contributed by atoms with E-state index in [4.69, 9.17) is 0 Å². The molecule has 0 atom stereocenters. The number of halogens is 1. The Kier molecular flexibility index (Phi) is 3.88. The summed E-state index contributed by atoms with van der Waals surface area (Å²) in [5.74, 6) is -0.251. The van der Waals surface area contributed by atoms with Crippen molar-refractivity contribution in [2.75, 3.05) is 5.32 Å². The SMILES string of the molecule is Cc1ccc2nc(NC(=O)CC(C)(C)O)n(C3CCC3)c2c1F. The van der Waals surface area contributed by atoms with Crippen LogP contribution in [0.2, 0.25) is 0 Å². The van der Waals surface area contributed by atoms with E-state index in [2.05, 4.69) is 10.3 Å². The van der Waals surface area contributed by atoms with Crippen molar-refractivity contribution in [3.63, 3.8) is 0 Å². The third-order valence-electron chi connectivity index (χ3n) is 4.27. The Bertz CT molecular complexity index is 757. The molecule has 1 aliphatic carbocycles. The number of rotatable bonds is 4. The lowest BCUT2D eigenvalue weighted by Gasteiger charge is -2.29. The smallest absolute Gasteiger partial charge is 0.229 e. The summed E-state index contributed by atoms with van der Waals surface area (Å²) in [7, 11) is 0. The van der Waals surface area contributed by atoms with Crippen LogP contribution in [0.1, 0.15) is 51.1 Å². The highest BCUT2D eigenvalue weighted by Gasteiger charge is 2.28. The average molecular weight is 319 g/mol. The predicted octanol–water partition coefficient (Wildman–Crippen LogP) is 3.31. The maximum atomic E-state index is 14.6. The van der Waals surface area contributed by atoms with Gasteiger partial charge < -0.3 is 9.67 Å². The molecule has 0 radical (unpaired) electrons. The molecule has 1 saturated carbocycles. The molecule has 6 heteroatoms. The first kappa shape index (κ1) is 15.9. The number of aliphatic hydroxyl groups is 1. The highest BCUT2D eigenvalue weighted by Crippen LogP contribution is 2.38. The molecule has 1 aromatic carbocycles. The normalized spacial score (nSPS) is 15.7. The summed E-state index contributed by atoms with van der Waals surface area (Å²) in [4.78, 5) is 16.5. The molecular formula is C17H22FN3O2. The van der Waals surface area contributed by atoms with Gasteiger partial charge >= 0.3 is 0 Å². The van der Waals surface area contributed by atoms with E-state index in [9.17, 15) is 14.3 Å². The maximum absolute atomic E-state index is 14.6. The molecular weight excluding hydrogens is 297 g/mol. The van der Waals surface area contributed by atoms with Crippen molar-refractivity contribution in [3.8, 4) is 0 Å². The largest absolute Gasteiger partial charge is 0.390 e. The van der Waals surface area contributed by atoms with E-state index >= 15 is 0 Å². The molecule has 0 bridgehead atoms. The fourth-order valence-electron chi connectivity index (χ4n) is 2.90. The summed E-state index contributed by atoms with van der Waals surface area (Å²) in [5.41, 5.74) is 0.457. The van der Waals surface area contributed by atoms with E-state index in [-0.39, 0.29) is 24.2 Å². The van der Waals surface area contributed by atoms with Crippen LogP contribution in [0.4, 0.5) is 10.3 Å². The fraction of sp³-hybridized carbons (Fsp3) is 0.529. The summed E-state index contributed by atoms with van der Waals surface area (Å²) >= 11 is 0. The topological polar surface area (TPSA) is 67.2 Å². The number of carbonyl (C=O) groups is 1. The minimum absolute atomic E-state index is 0.0393. The van der Waals surface area contributed by atoms with Crippen LogP contribution < -0.4 is 5.32 Å². The highest BCUT2D eigenvalue weighted by atomic mass is 19.1. The minimum atomic E-state index is -1.10. The van der Waals surface area contributed by atoms with Crippen LogP contribution in [0.5, 0.6) is 0 Å². The van der Waals surface area contributed by atoms with Crippen LogP contribution in [0.15, 0.2) is 12.1 Å². The number of anilines is 1. The average Bonchev–Trinajstić information content (AvgIpc) is 2.69. The molecule has 1 aromatic heterocycles. The first-order valence-electron chi connectivity index (χ1n) is 7.95. The third kappa shape index (κ3) is 3.08. The summed E-state index contributed by atoms with van der Waals surface area (Å²) in [6.07, 6.45) is 2.96. The number of aromatic nitrogens is 2. The van der Waals surface area contributed by atoms with E-state index in [1.807, 2.05) is 4.57 Å². The lowest BCUT2D eigenvalue weighted by atomic mass is 9.92. The maximum Gasteiger partial charge on any atom is 0.229 e. The molecule has 0 aliphatic heterocycles. The molecule has 124 valence electrons. The molecule has 2 aromatic rings. The summed E-state index contributed by atoms with van der Waals surface area (Å²) < 4.78 is 16.4. The van der Waals surface area contributed by atoms with Crippen LogP contribution in [0.25, 0.3) is 11.0 Å². The van der Waals surface area contributed by atoms with Crippen molar-refractivity contribution >= 4 is 22.9 Å². The molecule has 0 saturated heterocycles. The van der Waals surface area contributed by atoms with Gasteiger partial charge in [-0.3, -0.25) is 10.1 Å². The molecule has 23 heavy (non-hydrogen) atoms. The van der Waals surface area contributed by atoms with Gasteiger partial charge in [-0.1, -0.05) is 6.07 Å². The van der Waals surface area contributed by atoms with E-state index in [0.29, 0.717) is 22.5 Å². The van der Waals surface area contributed by atoms with Gasteiger partial charge in [0.2, 0.25) is 11.9 Å². The molecule has 3 rings (SSSR count). The van der Waals surface area contributed by atoms with Crippen LogP contribution >= 0.6 is 0 Å². The summed E-state index contributed by atoms with van der Waals surface area (Å²) in [5, 5.41) is 12.5. The Morgan fingerprint density at radius 1 is 1.48 bits per heavy atom. The number of hydrogen-bond acceptors (Lipinski definition) is 3. The van der Waals surface area contributed by atoms with Gasteiger partial charge in [0, 0.05) is 6.04 Å². The zero-order valence-corrected chi connectivity index (χ0v) is 13.7. The van der Waals surface area contributed by atoms with E-state index in [1.165, 1.54) is 0 Å². The van der Waals surface area contributed by atoms with Gasteiger partial charge in [0.15, 0.2) is 5.82 Å². The summed E-state index contributed by atoms with van der Waals surface area (Å²) in [6.45, 7) is 4.87. The van der Waals surface area contributed by atoms with Gasteiger partial charge in [0.1, 0.15) is 5.52 Å². The van der Waals surface area contributed by atoms with Crippen LogP contribution in [-0.2, 0) is 4.79 Å². The molecule has 0 unspecified atom stereocenters. The molecule has 2 N–H and O–H groups in total. The number of hydrogen-bond donors (Lipinski definition) is 2. The predicted molar refractivity (Wildman–Crippen MR) is 86.9 cm³/mol. The van der Waals surface area contributed by atoms with Crippen molar-refractivity contribution in [1.29, 1.82) is 0 Å². The zero-order valence-electron chi connectivity index (χ0n) is 13.7. The van der Waals surface area contributed by atoms with Gasteiger partial charge in [-0.2, -0.15) is 0 Å². The number of amides is 1. The first-order chi connectivity index (χ1) is 10.8. The lowest BCUT2D eigenvalue weighted by molar-refractivity contribution is -0.119. The van der Waals surface area contributed by atoms with E-state index < -0.39 is 5.60 Å². The quantitative estimate of drug-likeness (QED) is 0.908. The van der Waals surface area contributed by atoms with Crippen LogP contribution in [-0.4, -0.2) is 26.2 Å². The number of benzene rings is 1. The van der Waals surface area contributed by atoms with Gasteiger partial charge in [0.25, 0.3) is 0 Å². The Balaban J connectivity index is 2.02. The van der Waals surface area contributed by atoms with Crippen molar-refractivity contribution < 1.29 is 14.3 Å². The Morgan fingerprint density at radius 2 is 2.17 bits per heavy atom. The number of fused-ring (bicyclic) bond motifs is 1. The Morgan fingerprint density at radius 3 is 2.74 bits per heavy atom. The second-order valence-electron chi connectivity index (χ2n) is 6.99. The lowest BCUT2D eigenvalue weighted by Crippen LogP contribution is -2.29. The molecule has 1 amide bonds. The number of nitrogens with zero attached hydrogens (tertiary/aromatic N) is 2. The molecule has 1 heterocycles. The second kappa shape index (κ2) is 5.60. The Hall–Kier alpha value is -1.95. The molecule has 5 nitrogen and oxygen atoms in total.